The molecule has 3 heterocycles. The van der Waals surface area contributed by atoms with Crippen LogP contribution >= 0.6 is 11.3 Å². The molecule has 0 bridgehead atoms. The maximum absolute atomic E-state index is 6.64. The molecule has 5 heteroatoms. The highest BCUT2D eigenvalue weighted by Crippen LogP contribution is 2.44. The lowest BCUT2D eigenvalue weighted by Gasteiger charge is -2.16. The highest BCUT2D eigenvalue weighted by atomic mass is 32.1. The molecule has 1 aliphatic carbocycles. The van der Waals surface area contributed by atoms with E-state index in [-0.39, 0.29) is 5.92 Å². The Morgan fingerprint density at radius 3 is 2.12 bits per heavy atom. The van der Waals surface area contributed by atoms with E-state index in [1.54, 1.807) is 0 Å². The van der Waals surface area contributed by atoms with E-state index >= 15 is 0 Å². The van der Waals surface area contributed by atoms with E-state index in [4.69, 9.17) is 19.4 Å². The number of fused-ring (bicyclic) bond motifs is 9. The van der Waals surface area contributed by atoms with Crippen LogP contribution in [0.1, 0.15) is 18.2 Å². The van der Waals surface area contributed by atoms with Gasteiger partial charge in [-0.3, -0.25) is 0 Å². The summed E-state index contributed by atoms with van der Waals surface area (Å²) in [6, 6.07) is 47.3. The summed E-state index contributed by atoms with van der Waals surface area (Å²) in [4.78, 5) is 16.0. The summed E-state index contributed by atoms with van der Waals surface area (Å²) in [7, 11) is 0. The first-order valence-corrected chi connectivity index (χ1v) is 18.4. The monoisotopic (exact) mass is 683 g/mol. The van der Waals surface area contributed by atoms with Crippen molar-refractivity contribution < 1.29 is 4.42 Å². The highest BCUT2D eigenvalue weighted by molar-refractivity contribution is 7.25. The average molecular weight is 684 g/mol. The zero-order valence-corrected chi connectivity index (χ0v) is 28.8. The molecular formula is C47H29N3OS. The van der Waals surface area contributed by atoms with Crippen molar-refractivity contribution in [3.05, 3.63) is 164 Å². The van der Waals surface area contributed by atoms with Crippen LogP contribution in [0, 0.1) is 0 Å². The highest BCUT2D eigenvalue weighted by Gasteiger charge is 2.23. The smallest absolute Gasteiger partial charge is 0.164 e. The van der Waals surface area contributed by atoms with Crippen molar-refractivity contribution in [1.82, 2.24) is 15.0 Å². The van der Waals surface area contributed by atoms with E-state index < -0.39 is 0 Å². The van der Waals surface area contributed by atoms with Gasteiger partial charge in [0.25, 0.3) is 0 Å². The molecule has 4 nitrogen and oxygen atoms in total. The molecule has 10 aromatic rings. The number of para-hydroxylation sites is 1. The van der Waals surface area contributed by atoms with Crippen LogP contribution in [0.25, 0.3) is 97.6 Å². The number of rotatable bonds is 4. The molecule has 0 fully saturated rings. The van der Waals surface area contributed by atoms with Crippen LogP contribution in [0.4, 0.5) is 0 Å². The predicted octanol–water partition coefficient (Wildman–Crippen LogP) is 13.0. The summed E-state index contributed by atoms with van der Waals surface area (Å²) in [5.41, 5.74) is 5.80. The minimum Gasteiger partial charge on any atom is -0.456 e. The summed E-state index contributed by atoms with van der Waals surface area (Å²) in [6.07, 6.45) is 9.40. The fourth-order valence-corrected chi connectivity index (χ4v) is 9.14. The normalized spacial score (nSPS) is 14.5. The van der Waals surface area contributed by atoms with Crippen molar-refractivity contribution in [2.45, 2.75) is 12.3 Å². The van der Waals surface area contributed by atoms with E-state index in [0.717, 1.165) is 67.2 Å². The van der Waals surface area contributed by atoms with Crippen molar-refractivity contribution in [2.24, 2.45) is 0 Å². The summed E-state index contributed by atoms with van der Waals surface area (Å²) in [6.45, 7) is 0. The number of nitrogens with zero attached hydrogens (tertiary/aromatic N) is 3. The number of allylic oxidation sites excluding steroid dienone is 4. The molecule has 7 aromatic carbocycles. The van der Waals surface area contributed by atoms with E-state index in [9.17, 15) is 0 Å². The molecule has 0 spiro atoms. The summed E-state index contributed by atoms with van der Waals surface area (Å²) >= 11 is 1.83. The van der Waals surface area contributed by atoms with Crippen molar-refractivity contribution >= 4 is 75.0 Å². The van der Waals surface area contributed by atoms with Gasteiger partial charge >= 0.3 is 0 Å². The van der Waals surface area contributed by atoms with Gasteiger partial charge in [0, 0.05) is 48.0 Å². The van der Waals surface area contributed by atoms with Gasteiger partial charge in [-0.25, -0.2) is 15.0 Å². The second-order valence-corrected chi connectivity index (χ2v) is 14.5. The van der Waals surface area contributed by atoms with Crippen LogP contribution in [-0.2, 0) is 0 Å². The second kappa shape index (κ2) is 11.6. The maximum Gasteiger partial charge on any atom is 0.164 e. The molecule has 0 saturated carbocycles. The minimum atomic E-state index is 0.0305. The lowest BCUT2D eigenvalue weighted by Crippen LogP contribution is -2.08. The number of benzene rings is 7. The van der Waals surface area contributed by atoms with Gasteiger partial charge in [-0.2, -0.15) is 0 Å². The lowest BCUT2D eigenvalue weighted by atomic mass is 9.94. The molecule has 0 radical (unpaired) electrons. The second-order valence-electron chi connectivity index (χ2n) is 13.5. The zero-order valence-electron chi connectivity index (χ0n) is 28.0. The summed E-state index contributed by atoms with van der Waals surface area (Å²) in [5, 5.41) is 9.23. The van der Waals surface area contributed by atoms with Gasteiger partial charge in [-0.05, 0) is 75.5 Å². The van der Waals surface area contributed by atoms with Gasteiger partial charge < -0.3 is 4.42 Å². The Balaban J connectivity index is 1.23. The van der Waals surface area contributed by atoms with E-state index in [2.05, 4.69) is 146 Å². The van der Waals surface area contributed by atoms with Crippen LogP contribution in [-0.4, -0.2) is 15.0 Å². The van der Waals surface area contributed by atoms with Crippen molar-refractivity contribution in [3.8, 4) is 33.9 Å². The number of aromatic nitrogens is 3. The molecule has 1 atom stereocenters. The molecule has 0 N–H and O–H groups in total. The molecule has 52 heavy (non-hydrogen) atoms. The lowest BCUT2D eigenvalue weighted by molar-refractivity contribution is 0.669. The molecule has 0 aliphatic heterocycles. The molecule has 1 aliphatic rings. The molecule has 1 unspecified atom stereocenters. The first-order valence-electron chi connectivity index (χ1n) is 17.6. The quantitative estimate of drug-likeness (QED) is 0.173. The van der Waals surface area contributed by atoms with Gasteiger partial charge in [0.1, 0.15) is 17.0 Å². The van der Waals surface area contributed by atoms with E-state index in [1.807, 2.05) is 23.5 Å². The third-order valence-corrected chi connectivity index (χ3v) is 11.5. The Morgan fingerprint density at radius 2 is 1.25 bits per heavy atom. The standard InChI is InChI=1S/C47H29N3OS/c1-2-13-28(14-3-1)45-48-46(37-25-29-15-4-5-16-31(29)33-17-6-7-18-34(33)37)50-47(49-45)38-26-30(27-40-43(38)35-19-8-10-22-39(35)51-40)32-21-12-24-42-44(32)36-20-9-11-23-41(36)52-42/h1-13,15-28H,14H2. The zero-order chi connectivity index (χ0) is 34.2. The first kappa shape index (κ1) is 29.3. The topological polar surface area (TPSA) is 51.8 Å². The summed E-state index contributed by atoms with van der Waals surface area (Å²) < 4.78 is 9.17. The largest absolute Gasteiger partial charge is 0.456 e. The van der Waals surface area contributed by atoms with Gasteiger partial charge in [0.2, 0.25) is 0 Å². The van der Waals surface area contributed by atoms with Gasteiger partial charge in [0.05, 0.1) is 0 Å². The molecule has 244 valence electrons. The van der Waals surface area contributed by atoms with E-state index in [0.29, 0.717) is 11.6 Å². The van der Waals surface area contributed by atoms with Crippen LogP contribution in [0.5, 0.6) is 0 Å². The fourth-order valence-electron chi connectivity index (χ4n) is 8.01. The van der Waals surface area contributed by atoms with Crippen LogP contribution in [0.3, 0.4) is 0 Å². The Kier molecular flexibility index (Phi) is 6.51. The minimum absolute atomic E-state index is 0.0305. The predicted molar refractivity (Wildman–Crippen MR) is 217 cm³/mol. The molecule has 11 rings (SSSR count). The number of hydrogen-bond donors (Lipinski definition) is 0. The van der Waals surface area contributed by atoms with Gasteiger partial charge in [-0.1, -0.05) is 121 Å². The van der Waals surface area contributed by atoms with Gasteiger partial charge in [-0.15, -0.1) is 11.3 Å². The van der Waals surface area contributed by atoms with Crippen LogP contribution in [0.2, 0.25) is 0 Å². The van der Waals surface area contributed by atoms with Gasteiger partial charge in [0.15, 0.2) is 11.6 Å². The third-order valence-electron chi connectivity index (χ3n) is 10.4. The Hall–Kier alpha value is -6.43. The van der Waals surface area contributed by atoms with E-state index in [1.165, 1.54) is 30.9 Å². The Bertz CT molecular complexity index is 3130. The van der Waals surface area contributed by atoms with Crippen molar-refractivity contribution in [3.63, 3.8) is 0 Å². The Morgan fingerprint density at radius 1 is 0.519 bits per heavy atom. The number of thiophene rings is 1. The average Bonchev–Trinajstić information content (AvgIpc) is 3.79. The Labute approximate surface area is 303 Å². The van der Waals surface area contributed by atoms with Crippen molar-refractivity contribution in [1.29, 1.82) is 0 Å². The number of hydrogen-bond acceptors (Lipinski definition) is 5. The summed E-state index contributed by atoms with van der Waals surface area (Å²) in [5.74, 6) is 2.10. The molecule has 0 saturated heterocycles. The SMILES string of the molecule is C1=CCC(c2nc(-c3cc4ccccc4c4ccccc34)nc(-c3cc(-c4cccc5sc6ccccc6c45)cc4oc5ccccc5c34)n2)C=C1. The fraction of sp³-hybridized carbons (Fsp3) is 0.0426. The maximum atomic E-state index is 6.64. The van der Waals surface area contributed by atoms with Crippen molar-refractivity contribution in [2.75, 3.05) is 0 Å². The van der Waals surface area contributed by atoms with Crippen LogP contribution in [0.15, 0.2) is 162 Å². The molecular weight excluding hydrogens is 655 g/mol. The third kappa shape index (κ3) is 4.56. The number of furan rings is 1. The van der Waals surface area contributed by atoms with Crippen LogP contribution < -0.4 is 0 Å². The first-order chi connectivity index (χ1) is 25.8. The molecule has 0 amide bonds. The molecule has 3 aromatic heterocycles.